The van der Waals surface area contributed by atoms with Gasteiger partial charge in [0.25, 0.3) is 0 Å². The normalized spacial score (nSPS) is 22.2. The number of rotatable bonds is 7. The van der Waals surface area contributed by atoms with Crippen LogP contribution in [-0.2, 0) is 25.5 Å². The Labute approximate surface area is 220 Å². The topological polar surface area (TPSA) is 73.7 Å². The Hall–Kier alpha value is -3.33. The summed E-state index contributed by atoms with van der Waals surface area (Å²) in [6.07, 6.45) is 5.65. The van der Waals surface area contributed by atoms with Crippen molar-refractivity contribution in [3.05, 3.63) is 59.4 Å². The zero-order valence-corrected chi connectivity index (χ0v) is 21.8. The summed E-state index contributed by atoms with van der Waals surface area (Å²) in [7, 11) is 1.74. The van der Waals surface area contributed by atoms with Gasteiger partial charge in [-0.25, -0.2) is 13.8 Å². The molecule has 1 saturated carbocycles. The van der Waals surface area contributed by atoms with Gasteiger partial charge in [-0.3, -0.25) is 9.59 Å². The standard InChI is InChI=1S/C29H33F2N3O4/c1-3-38-28(36)16-18-7-14-25-24(15-18)32-29(34(25)19-8-11-21(37-2)12-9-19)26-5-4-6-27(35)33(26)20-10-13-22(30)23(31)17-20/h7,10,13-15,17,19,21,26H,3-6,8-9,11-12,16H2,1-2H3/t19?,21?,26-/m0/s1. The molecule has 1 atom stereocenters. The molecular weight excluding hydrogens is 492 g/mol. The summed E-state index contributed by atoms with van der Waals surface area (Å²) in [6.45, 7) is 2.09. The second kappa shape index (κ2) is 11.2. The van der Waals surface area contributed by atoms with Crippen LogP contribution < -0.4 is 4.90 Å². The van der Waals surface area contributed by atoms with Crippen LogP contribution in [0.25, 0.3) is 11.0 Å². The first kappa shape index (κ1) is 26.3. The zero-order chi connectivity index (χ0) is 26.8. The molecule has 0 spiro atoms. The largest absolute Gasteiger partial charge is 0.466 e. The van der Waals surface area contributed by atoms with Crippen LogP contribution in [0.15, 0.2) is 36.4 Å². The Bertz CT molecular complexity index is 1330. The molecule has 38 heavy (non-hydrogen) atoms. The molecule has 0 unspecified atom stereocenters. The summed E-state index contributed by atoms with van der Waals surface area (Å²) in [5, 5.41) is 0. The molecule has 202 valence electrons. The monoisotopic (exact) mass is 525 g/mol. The van der Waals surface area contributed by atoms with Crippen molar-refractivity contribution in [1.29, 1.82) is 0 Å². The number of esters is 1. The fourth-order valence-corrected chi connectivity index (χ4v) is 5.88. The fourth-order valence-electron chi connectivity index (χ4n) is 5.88. The maximum atomic E-state index is 14.2. The van der Waals surface area contributed by atoms with Crippen molar-refractivity contribution in [1.82, 2.24) is 9.55 Å². The van der Waals surface area contributed by atoms with Crippen LogP contribution in [0, 0.1) is 11.6 Å². The molecular formula is C29H33F2N3O4. The molecule has 2 fully saturated rings. The minimum atomic E-state index is -0.991. The number of hydrogen-bond donors (Lipinski definition) is 0. The maximum Gasteiger partial charge on any atom is 0.310 e. The number of anilines is 1. The average molecular weight is 526 g/mol. The van der Waals surface area contributed by atoms with Crippen molar-refractivity contribution in [2.45, 2.75) is 76.5 Å². The molecule has 7 nitrogen and oxygen atoms in total. The Balaban J connectivity index is 1.60. The van der Waals surface area contributed by atoms with Gasteiger partial charge in [-0.05, 0) is 75.3 Å². The number of halogens is 2. The van der Waals surface area contributed by atoms with E-state index < -0.39 is 17.7 Å². The average Bonchev–Trinajstić information content (AvgIpc) is 3.29. The van der Waals surface area contributed by atoms with E-state index in [2.05, 4.69) is 4.57 Å². The van der Waals surface area contributed by atoms with Gasteiger partial charge in [0.05, 0.1) is 36.2 Å². The predicted octanol–water partition coefficient (Wildman–Crippen LogP) is 5.81. The first-order chi connectivity index (χ1) is 18.4. The van der Waals surface area contributed by atoms with Gasteiger partial charge in [-0.2, -0.15) is 0 Å². The van der Waals surface area contributed by atoms with Crippen LogP contribution in [0.1, 0.15) is 75.3 Å². The van der Waals surface area contributed by atoms with E-state index in [0.29, 0.717) is 31.6 Å². The first-order valence-electron chi connectivity index (χ1n) is 13.4. The molecule has 2 heterocycles. The van der Waals surface area contributed by atoms with E-state index in [0.717, 1.165) is 60.2 Å². The van der Waals surface area contributed by atoms with E-state index in [4.69, 9.17) is 14.5 Å². The predicted molar refractivity (Wildman–Crippen MR) is 139 cm³/mol. The van der Waals surface area contributed by atoms with Gasteiger partial charge in [0.1, 0.15) is 5.82 Å². The number of carbonyl (C=O) groups is 2. The molecule has 3 aromatic rings. The molecule has 2 aromatic carbocycles. The minimum Gasteiger partial charge on any atom is -0.466 e. The van der Waals surface area contributed by atoms with E-state index in [1.54, 1.807) is 18.9 Å². The van der Waals surface area contributed by atoms with Crippen LogP contribution in [0.2, 0.25) is 0 Å². The Morgan fingerprint density at radius 3 is 2.55 bits per heavy atom. The summed E-state index contributed by atoms with van der Waals surface area (Å²) in [5.41, 5.74) is 2.78. The number of carbonyl (C=O) groups excluding carboxylic acids is 2. The van der Waals surface area contributed by atoms with Crippen molar-refractivity contribution in [2.24, 2.45) is 0 Å². The van der Waals surface area contributed by atoms with Gasteiger partial charge in [-0.1, -0.05) is 6.07 Å². The lowest BCUT2D eigenvalue weighted by Gasteiger charge is -2.37. The number of piperidine rings is 1. The molecule has 9 heteroatoms. The molecule has 5 rings (SSSR count). The number of imidazole rings is 1. The second-order valence-corrected chi connectivity index (χ2v) is 10.1. The highest BCUT2D eigenvalue weighted by molar-refractivity contribution is 5.95. The van der Waals surface area contributed by atoms with E-state index in [9.17, 15) is 18.4 Å². The van der Waals surface area contributed by atoms with Crippen LogP contribution in [0.3, 0.4) is 0 Å². The highest BCUT2D eigenvalue weighted by Crippen LogP contribution is 2.41. The molecule has 1 saturated heterocycles. The number of fused-ring (bicyclic) bond motifs is 1. The summed E-state index contributed by atoms with van der Waals surface area (Å²) in [5.74, 6) is -1.66. The van der Waals surface area contributed by atoms with Crippen molar-refractivity contribution in [3.8, 4) is 0 Å². The summed E-state index contributed by atoms with van der Waals surface area (Å²) in [4.78, 5) is 31.9. The van der Waals surface area contributed by atoms with Crippen molar-refractivity contribution < 1.29 is 27.8 Å². The quantitative estimate of drug-likeness (QED) is 0.364. The number of nitrogens with zero attached hydrogens (tertiary/aromatic N) is 3. The molecule has 1 aliphatic carbocycles. The zero-order valence-electron chi connectivity index (χ0n) is 21.8. The maximum absolute atomic E-state index is 14.2. The first-order valence-corrected chi connectivity index (χ1v) is 13.4. The summed E-state index contributed by atoms with van der Waals surface area (Å²) >= 11 is 0. The fraction of sp³-hybridized carbons (Fsp3) is 0.483. The lowest BCUT2D eigenvalue weighted by atomic mass is 9.91. The van der Waals surface area contributed by atoms with E-state index >= 15 is 0 Å². The SMILES string of the molecule is CCOC(=O)Cc1ccc2c(c1)nc([C@@H]1CCCC(=O)N1c1ccc(F)c(F)c1)n2C1CCC(OC)CC1. The Morgan fingerprint density at radius 1 is 1.05 bits per heavy atom. The van der Waals surface area contributed by atoms with Crippen molar-refractivity contribution >= 4 is 28.6 Å². The molecule has 0 bridgehead atoms. The van der Waals surface area contributed by atoms with Gasteiger partial charge >= 0.3 is 5.97 Å². The van der Waals surface area contributed by atoms with E-state index in [-0.39, 0.29) is 30.4 Å². The number of benzene rings is 2. The van der Waals surface area contributed by atoms with E-state index in [1.807, 2.05) is 18.2 Å². The molecule has 0 radical (unpaired) electrons. The van der Waals surface area contributed by atoms with Crippen LogP contribution in [0.4, 0.5) is 14.5 Å². The number of hydrogen-bond acceptors (Lipinski definition) is 5. The third kappa shape index (κ3) is 5.16. The highest BCUT2D eigenvalue weighted by atomic mass is 19.2. The smallest absolute Gasteiger partial charge is 0.310 e. The number of ether oxygens (including phenoxy) is 2. The Kier molecular flexibility index (Phi) is 7.74. The number of aromatic nitrogens is 2. The Morgan fingerprint density at radius 2 is 1.84 bits per heavy atom. The van der Waals surface area contributed by atoms with E-state index in [1.165, 1.54) is 6.07 Å². The third-order valence-electron chi connectivity index (χ3n) is 7.71. The summed E-state index contributed by atoms with van der Waals surface area (Å²) in [6, 6.07) is 9.11. The van der Waals surface area contributed by atoms with Crippen LogP contribution in [0.5, 0.6) is 0 Å². The van der Waals surface area contributed by atoms with Gasteiger partial charge < -0.3 is 18.9 Å². The van der Waals surface area contributed by atoms with Gasteiger partial charge in [-0.15, -0.1) is 0 Å². The highest BCUT2D eigenvalue weighted by Gasteiger charge is 2.36. The van der Waals surface area contributed by atoms with Gasteiger partial charge in [0.15, 0.2) is 11.6 Å². The molecule has 0 N–H and O–H groups in total. The van der Waals surface area contributed by atoms with Crippen molar-refractivity contribution in [3.63, 3.8) is 0 Å². The van der Waals surface area contributed by atoms with Gasteiger partial charge in [0, 0.05) is 31.3 Å². The third-order valence-corrected chi connectivity index (χ3v) is 7.71. The lowest BCUT2D eigenvalue weighted by Crippen LogP contribution is -2.40. The van der Waals surface area contributed by atoms with Crippen LogP contribution >= 0.6 is 0 Å². The van der Waals surface area contributed by atoms with Gasteiger partial charge in [0.2, 0.25) is 5.91 Å². The van der Waals surface area contributed by atoms with Crippen LogP contribution in [-0.4, -0.2) is 41.2 Å². The molecule has 2 aliphatic rings. The molecule has 1 aliphatic heterocycles. The van der Waals surface area contributed by atoms with Crippen molar-refractivity contribution in [2.75, 3.05) is 18.6 Å². The lowest BCUT2D eigenvalue weighted by molar-refractivity contribution is -0.142. The molecule has 1 amide bonds. The minimum absolute atomic E-state index is 0.142. The molecule has 1 aromatic heterocycles. The number of amides is 1. The second-order valence-electron chi connectivity index (χ2n) is 10.1. The number of methoxy groups -OCH3 is 1. The summed E-state index contributed by atoms with van der Waals surface area (Å²) < 4.78 is 40.9.